The summed E-state index contributed by atoms with van der Waals surface area (Å²) in [6.45, 7) is 0.713. The van der Waals surface area contributed by atoms with Crippen molar-refractivity contribution in [3.63, 3.8) is 0 Å². The second-order valence-corrected chi connectivity index (χ2v) is 5.07. The first kappa shape index (κ1) is 15.3. The van der Waals surface area contributed by atoms with Crippen LogP contribution in [0.3, 0.4) is 0 Å². The van der Waals surface area contributed by atoms with Crippen LogP contribution in [0.25, 0.3) is 0 Å². The average molecular weight is 288 g/mol. The van der Waals surface area contributed by atoms with Gasteiger partial charge in [-0.25, -0.2) is 0 Å². The van der Waals surface area contributed by atoms with Crippen molar-refractivity contribution >= 4 is 0 Å². The van der Waals surface area contributed by atoms with Gasteiger partial charge in [0, 0.05) is 12.6 Å². The molecule has 2 unspecified atom stereocenters. The van der Waals surface area contributed by atoms with E-state index in [9.17, 15) is 13.2 Å². The molecule has 0 amide bonds. The molecule has 1 aromatic carbocycles. The molecule has 1 saturated heterocycles. The van der Waals surface area contributed by atoms with E-state index in [1.807, 2.05) is 0 Å². The first-order chi connectivity index (χ1) is 9.50. The van der Waals surface area contributed by atoms with Gasteiger partial charge in [0.1, 0.15) is 0 Å². The summed E-state index contributed by atoms with van der Waals surface area (Å²) < 4.78 is 43.8. The van der Waals surface area contributed by atoms with Crippen molar-refractivity contribution in [1.29, 1.82) is 0 Å². The first-order valence-electron chi connectivity index (χ1n) is 6.75. The number of hydrazine groups is 1. The van der Waals surface area contributed by atoms with Crippen LogP contribution in [0.15, 0.2) is 24.3 Å². The molecule has 112 valence electrons. The van der Waals surface area contributed by atoms with E-state index in [1.54, 1.807) is 6.07 Å². The maximum absolute atomic E-state index is 12.7. The standard InChI is InChI=1S/C14H19F3N2O/c15-14(16,17)11-5-3-4-10(8-11)13(19-18)9-12-6-1-2-7-20-12/h3-5,8,12-13,19H,1-2,6-7,9,18H2. The lowest BCUT2D eigenvalue weighted by atomic mass is 9.96. The third-order valence-electron chi connectivity index (χ3n) is 3.59. The smallest absolute Gasteiger partial charge is 0.378 e. The Bertz CT molecular complexity index is 431. The largest absolute Gasteiger partial charge is 0.416 e. The summed E-state index contributed by atoms with van der Waals surface area (Å²) in [6, 6.07) is 4.94. The summed E-state index contributed by atoms with van der Waals surface area (Å²) in [4.78, 5) is 0. The lowest BCUT2D eigenvalue weighted by Gasteiger charge is -2.27. The SMILES string of the molecule is NNC(CC1CCCCO1)c1cccc(C(F)(F)F)c1. The van der Waals surface area contributed by atoms with E-state index in [-0.39, 0.29) is 12.1 Å². The minimum Gasteiger partial charge on any atom is -0.378 e. The molecular formula is C14H19F3N2O. The fourth-order valence-corrected chi connectivity index (χ4v) is 2.49. The minimum atomic E-state index is -4.34. The number of halogens is 3. The molecule has 1 heterocycles. The number of nitrogens with two attached hydrogens (primary N) is 1. The molecule has 1 aromatic rings. The van der Waals surface area contributed by atoms with Gasteiger partial charge in [-0.2, -0.15) is 13.2 Å². The summed E-state index contributed by atoms with van der Waals surface area (Å²) >= 11 is 0. The van der Waals surface area contributed by atoms with Gasteiger partial charge in [0.25, 0.3) is 0 Å². The van der Waals surface area contributed by atoms with Crippen molar-refractivity contribution in [2.75, 3.05) is 6.61 Å². The fraction of sp³-hybridized carbons (Fsp3) is 0.571. The second-order valence-electron chi connectivity index (χ2n) is 5.07. The van der Waals surface area contributed by atoms with Gasteiger partial charge in [-0.1, -0.05) is 12.1 Å². The summed E-state index contributed by atoms with van der Waals surface area (Å²) in [5.74, 6) is 5.49. The van der Waals surface area contributed by atoms with Crippen LogP contribution in [-0.4, -0.2) is 12.7 Å². The third kappa shape index (κ3) is 3.94. The van der Waals surface area contributed by atoms with Crippen molar-refractivity contribution in [2.24, 2.45) is 5.84 Å². The molecule has 0 spiro atoms. The fourth-order valence-electron chi connectivity index (χ4n) is 2.49. The topological polar surface area (TPSA) is 47.3 Å². The monoisotopic (exact) mass is 288 g/mol. The number of benzene rings is 1. The van der Waals surface area contributed by atoms with Crippen LogP contribution < -0.4 is 11.3 Å². The van der Waals surface area contributed by atoms with Crippen LogP contribution in [-0.2, 0) is 10.9 Å². The highest BCUT2D eigenvalue weighted by atomic mass is 19.4. The van der Waals surface area contributed by atoms with Crippen molar-refractivity contribution in [2.45, 2.75) is 44.0 Å². The summed E-state index contributed by atoms with van der Waals surface area (Å²) in [5, 5.41) is 0. The molecule has 1 fully saturated rings. The van der Waals surface area contributed by atoms with Gasteiger partial charge < -0.3 is 4.74 Å². The van der Waals surface area contributed by atoms with E-state index in [4.69, 9.17) is 10.6 Å². The number of alkyl halides is 3. The molecule has 1 aliphatic heterocycles. The number of nitrogens with one attached hydrogen (secondary N) is 1. The highest BCUT2D eigenvalue weighted by molar-refractivity contribution is 5.28. The van der Waals surface area contributed by atoms with Crippen molar-refractivity contribution in [3.8, 4) is 0 Å². The van der Waals surface area contributed by atoms with Crippen molar-refractivity contribution in [3.05, 3.63) is 35.4 Å². The Kier molecular flexibility index (Phi) is 5.01. The zero-order chi connectivity index (χ0) is 14.6. The molecule has 0 aromatic heterocycles. The van der Waals surface area contributed by atoms with Crippen LogP contribution in [0.2, 0.25) is 0 Å². The Morgan fingerprint density at radius 3 is 2.75 bits per heavy atom. The highest BCUT2D eigenvalue weighted by Crippen LogP contribution is 2.32. The Hall–Kier alpha value is -1.11. The second kappa shape index (κ2) is 6.56. The Morgan fingerprint density at radius 2 is 2.15 bits per heavy atom. The summed E-state index contributed by atoms with van der Waals surface area (Å²) in [7, 11) is 0. The molecule has 0 radical (unpaired) electrons. The van der Waals surface area contributed by atoms with Crippen molar-refractivity contribution < 1.29 is 17.9 Å². The van der Waals surface area contributed by atoms with Crippen LogP contribution in [0, 0.1) is 0 Å². The zero-order valence-corrected chi connectivity index (χ0v) is 11.1. The quantitative estimate of drug-likeness (QED) is 0.661. The zero-order valence-electron chi connectivity index (χ0n) is 11.1. The van der Waals surface area contributed by atoms with Gasteiger partial charge in [-0.05, 0) is 43.4 Å². The molecular weight excluding hydrogens is 269 g/mol. The van der Waals surface area contributed by atoms with Crippen molar-refractivity contribution in [1.82, 2.24) is 5.43 Å². The average Bonchev–Trinajstić information content (AvgIpc) is 2.45. The molecule has 0 bridgehead atoms. The van der Waals surface area contributed by atoms with Gasteiger partial charge in [-0.15, -0.1) is 0 Å². The molecule has 20 heavy (non-hydrogen) atoms. The molecule has 0 saturated carbocycles. The predicted molar refractivity (Wildman–Crippen MR) is 69.7 cm³/mol. The van der Waals surface area contributed by atoms with Crippen LogP contribution in [0.5, 0.6) is 0 Å². The van der Waals surface area contributed by atoms with Crippen LogP contribution in [0.1, 0.15) is 42.9 Å². The summed E-state index contributed by atoms with van der Waals surface area (Å²) in [6.07, 6.45) is -0.643. The Morgan fingerprint density at radius 1 is 1.35 bits per heavy atom. The van der Waals surface area contributed by atoms with E-state index < -0.39 is 11.7 Å². The van der Waals surface area contributed by atoms with E-state index in [0.29, 0.717) is 18.6 Å². The van der Waals surface area contributed by atoms with Crippen LogP contribution in [0.4, 0.5) is 13.2 Å². The molecule has 0 aliphatic carbocycles. The van der Waals surface area contributed by atoms with E-state index in [0.717, 1.165) is 31.4 Å². The van der Waals surface area contributed by atoms with Gasteiger partial charge in [0.15, 0.2) is 0 Å². The molecule has 3 nitrogen and oxygen atoms in total. The minimum absolute atomic E-state index is 0.0549. The van der Waals surface area contributed by atoms with Gasteiger partial charge in [0.2, 0.25) is 0 Å². The number of hydrogen-bond donors (Lipinski definition) is 2. The summed E-state index contributed by atoms with van der Waals surface area (Å²) in [5.41, 5.74) is 2.48. The Balaban J connectivity index is 2.10. The number of rotatable bonds is 4. The normalized spacial score (nSPS) is 21.7. The van der Waals surface area contributed by atoms with E-state index >= 15 is 0 Å². The molecule has 3 N–H and O–H groups in total. The van der Waals surface area contributed by atoms with Gasteiger partial charge in [0.05, 0.1) is 11.7 Å². The number of ether oxygens (including phenoxy) is 1. The maximum Gasteiger partial charge on any atom is 0.416 e. The molecule has 2 rings (SSSR count). The first-order valence-corrected chi connectivity index (χ1v) is 6.75. The predicted octanol–water partition coefficient (Wildman–Crippen LogP) is 3.17. The maximum atomic E-state index is 12.7. The molecule has 2 atom stereocenters. The lowest BCUT2D eigenvalue weighted by molar-refractivity contribution is -0.137. The Labute approximate surface area is 116 Å². The van der Waals surface area contributed by atoms with Gasteiger partial charge in [-0.3, -0.25) is 11.3 Å². The molecule has 6 heteroatoms. The van der Waals surface area contributed by atoms with Gasteiger partial charge >= 0.3 is 6.18 Å². The van der Waals surface area contributed by atoms with E-state index in [1.165, 1.54) is 6.07 Å². The molecule has 1 aliphatic rings. The van der Waals surface area contributed by atoms with E-state index in [2.05, 4.69) is 5.43 Å². The third-order valence-corrected chi connectivity index (χ3v) is 3.59. The lowest BCUT2D eigenvalue weighted by Crippen LogP contribution is -2.33. The highest BCUT2D eigenvalue weighted by Gasteiger charge is 2.31. The number of hydrogen-bond acceptors (Lipinski definition) is 3. The van der Waals surface area contributed by atoms with Crippen LogP contribution >= 0.6 is 0 Å².